The number of esters is 2. The number of hydrogen-bond acceptors (Lipinski definition) is 7. The van der Waals surface area contributed by atoms with E-state index in [0.29, 0.717) is 12.1 Å². The summed E-state index contributed by atoms with van der Waals surface area (Å²) in [6.07, 6.45) is -0.0772. The molecule has 0 radical (unpaired) electrons. The Morgan fingerprint density at radius 2 is 2.40 bits per heavy atom. The number of ether oxygens (including phenoxy) is 2. The van der Waals surface area contributed by atoms with Gasteiger partial charge in [-0.2, -0.15) is 0 Å². The van der Waals surface area contributed by atoms with Crippen LogP contribution in [0.3, 0.4) is 0 Å². The van der Waals surface area contributed by atoms with Gasteiger partial charge in [0.1, 0.15) is 11.6 Å². The Hall–Kier alpha value is -1.73. The molecule has 3 heterocycles. The molecule has 1 aliphatic rings. The summed E-state index contributed by atoms with van der Waals surface area (Å²) in [5.74, 6) is -0.845. The third kappa shape index (κ3) is 2.88. The largest absolute Gasteiger partial charge is 0.456 e. The zero-order valence-corrected chi connectivity index (χ0v) is 12.0. The van der Waals surface area contributed by atoms with Gasteiger partial charge in [0.25, 0.3) is 0 Å². The summed E-state index contributed by atoms with van der Waals surface area (Å²) >= 11 is 3.13. The first-order valence-electron chi connectivity index (χ1n) is 6.07. The summed E-state index contributed by atoms with van der Waals surface area (Å²) in [5, 5.41) is 4.77. The van der Waals surface area contributed by atoms with Crippen molar-refractivity contribution >= 4 is 34.6 Å². The van der Waals surface area contributed by atoms with Crippen LogP contribution in [0.1, 0.15) is 18.5 Å². The second-order valence-electron chi connectivity index (χ2n) is 4.25. The van der Waals surface area contributed by atoms with Crippen molar-refractivity contribution in [1.82, 2.24) is 4.98 Å². The fourth-order valence-electron chi connectivity index (χ4n) is 1.82. The average Bonchev–Trinajstić information content (AvgIpc) is 3.16. The summed E-state index contributed by atoms with van der Waals surface area (Å²) < 4.78 is 9.97. The molecule has 1 fully saturated rings. The van der Waals surface area contributed by atoms with Gasteiger partial charge in [0.15, 0.2) is 6.10 Å². The van der Waals surface area contributed by atoms with Crippen LogP contribution in [0.4, 0.5) is 0 Å². The van der Waals surface area contributed by atoms with Gasteiger partial charge in [0.2, 0.25) is 0 Å². The average molecular weight is 309 g/mol. The monoisotopic (exact) mass is 309 g/mol. The molecular weight excluding hydrogens is 298 g/mol. The van der Waals surface area contributed by atoms with Gasteiger partial charge < -0.3 is 9.47 Å². The molecule has 104 valence electrons. The Bertz CT molecular complexity index is 620. The Balaban J connectivity index is 1.56. The van der Waals surface area contributed by atoms with Crippen molar-refractivity contribution in [2.75, 3.05) is 0 Å². The summed E-state index contributed by atoms with van der Waals surface area (Å²) in [6, 6.07) is 3.97. The van der Waals surface area contributed by atoms with E-state index in [1.165, 1.54) is 11.3 Å². The smallest absolute Gasteiger partial charge is 0.347 e. The van der Waals surface area contributed by atoms with Crippen molar-refractivity contribution in [3.8, 4) is 9.88 Å². The molecule has 5 nitrogen and oxygen atoms in total. The van der Waals surface area contributed by atoms with Gasteiger partial charge in [-0.05, 0) is 11.4 Å². The lowest BCUT2D eigenvalue weighted by Crippen LogP contribution is -2.22. The van der Waals surface area contributed by atoms with Gasteiger partial charge >= 0.3 is 11.9 Å². The lowest BCUT2D eigenvalue weighted by Gasteiger charge is -2.07. The normalized spacial score (nSPS) is 18.0. The Morgan fingerprint density at radius 3 is 3.10 bits per heavy atom. The van der Waals surface area contributed by atoms with E-state index < -0.39 is 12.1 Å². The predicted molar refractivity (Wildman–Crippen MR) is 74.3 cm³/mol. The topological polar surface area (TPSA) is 65.5 Å². The second kappa shape index (κ2) is 5.72. The van der Waals surface area contributed by atoms with Crippen LogP contribution in [0.2, 0.25) is 0 Å². The lowest BCUT2D eigenvalue weighted by atomic mass is 10.2. The van der Waals surface area contributed by atoms with Crippen LogP contribution in [0.25, 0.3) is 9.88 Å². The number of thiophene rings is 1. The maximum atomic E-state index is 11.7. The molecule has 2 aromatic heterocycles. The van der Waals surface area contributed by atoms with Crippen LogP contribution >= 0.6 is 22.7 Å². The first-order chi connectivity index (χ1) is 9.72. The molecule has 2 aromatic rings. The summed E-state index contributed by atoms with van der Waals surface area (Å²) in [7, 11) is 0. The molecule has 0 aromatic carbocycles. The Morgan fingerprint density at radius 1 is 1.50 bits per heavy atom. The van der Waals surface area contributed by atoms with Crippen molar-refractivity contribution in [1.29, 1.82) is 0 Å². The highest BCUT2D eigenvalue weighted by atomic mass is 32.1. The van der Waals surface area contributed by atoms with Gasteiger partial charge in [-0.15, -0.1) is 22.7 Å². The van der Waals surface area contributed by atoms with E-state index in [0.717, 1.165) is 9.88 Å². The van der Waals surface area contributed by atoms with Crippen LogP contribution in [0.5, 0.6) is 0 Å². The van der Waals surface area contributed by atoms with Crippen molar-refractivity contribution in [2.45, 2.75) is 25.6 Å². The molecule has 1 saturated heterocycles. The number of thiazole rings is 1. The fraction of sp³-hybridized carbons (Fsp3) is 0.308. The number of aromatic nitrogens is 1. The maximum absolute atomic E-state index is 11.7. The van der Waals surface area contributed by atoms with E-state index in [2.05, 4.69) is 4.98 Å². The van der Waals surface area contributed by atoms with Crippen LogP contribution < -0.4 is 0 Å². The van der Waals surface area contributed by atoms with E-state index in [-0.39, 0.29) is 19.0 Å². The fourth-order valence-corrected chi connectivity index (χ4v) is 3.43. The van der Waals surface area contributed by atoms with Gasteiger partial charge in [0.05, 0.1) is 10.6 Å². The van der Waals surface area contributed by atoms with Crippen molar-refractivity contribution in [3.05, 3.63) is 28.6 Å². The van der Waals surface area contributed by atoms with Crippen LogP contribution in [0, 0.1) is 0 Å². The zero-order chi connectivity index (χ0) is 13.9. The first kappa shape index (κ1) is 13.3. The van der Waals surface area contributed by atoms with E-state index in [1.807, 2.05) is 22.9 Å². The van der Waals surface area contributed by atoms with E-state index in [4.69, 9.17) is 9.47 Å². The van der Waals surface area contributed by atoms with Crippen LogP contribution in [-0.2, 0) is 25.7 Å². The Labute approximate surface area is 123 Å². The third-order valence-corrected chi connectivity index (χ3v) is 4.72. The Kier molecular flexibility index (Phi) is 3.79. The molecule has 0 amide bonds. The second-order valence-corrected chi connectivity index (χ2v) is 6.05. The molecule has 3 rings (SSSR count). The number of nitrogens with zero attached hydrogens (tertiary/aromatic N) is 1. The number of carbonyl (C=O) groups is 2. The maximum Gasteiger partial charge on any atom is 0.347 e. The molecular formula is C13H11NO4S2. The molecule has 0 N–H and O–H groups in total. The van der Waals surface area contributed by atoms with Crippen molar-refractivity contribution in [3.63, 3.8) is 0 Å². The van der Waals surface area contributed by atoms with E-state index >= 15 is 0 Å². The van der Waals surface area contributed by atoms with Gasteiger partial charge in [0, 0.05) is 18.2 Å². The highest BCUT2D eigenvalue weighted by Crippen LogP contribution is 2.28. The molecule has 0 spiro atoms. The van der Waals surface area contributed by atoms with E-state index in [1.54, 1.807) is 11.3 Å². The minimum atomic E-state index is -0.752. The molecule has 0 aliphatic carbocycles. The van der Waals surface area contributed by atoms with Gasteiger partial charge in [-0.3, -0.25) is 4.79 Å². The number of hydrogen-bond donors (Lipinski definition) is 0. The van der Waals surface area contributed by atoms with Crippen molar-refractivity contribution in [2.24, 2.45) is 0 Å². The first-order valence-corrected chi connectivity index (χ1v) is 7.83. The number of carbonyl (C=O) groups excluding carboxylic acids is 2. The SMILES string of the molecule is O=C1CC[C@H](C(=O)OCc2csc(-c3cccs3)n2)O1. The van der Waals surface area contributed by atoms with Crippen molar-refractivity contribution < 1.29 is 19.1 Å². The predicted octanol–water partition coefficient (Wildman–Crippen LogP) is 2.62. The standard InChI is InChI=1S/C13H11NO4S2/c15-11-4-3-9(18-11)13(16)17-6-8-7-20-12(14-8)10-2-1-5-19-10/h1-2,5,7,9H,3-4,6H2/t9-/m1/s1. The highest BCUT2D eigenvalue weighted by molar-refractivity contribution is 7.20. The van der Waals surface area contributed by atoms with Crippen LogP contribution in [0.15, 0.2) is 22.9 Å². The van der Waals surface area contributed by atoms with E-state index in [9.17, 15) is 9.59 Å². The molecule has 1 aliphatic heterocycles. The summed E-state index contributed by atoms with van der Waals surface area (Å²) in [4.78, 5) is 28.1. The highest BCUT2D eigenvalue weighted by Gasteiger charge is 2.31. The molecule has 0 bridgehead atoms. The quantitative estimate of drug-likeness (QED) is 0.812. The number of rotatable bonds is 4. The molecule has 7 heteroatoms. The van der Waals surface area contributed by atoms with Gasteiger partial charge in [-0.25, -0.2) is 9.78 Å². The minimum Gasteiger partial charge on any atom is -0.456 e. The molecule has 0 saturated carbocycles. The number of cyclic esters (lactones) is 1. The van der Waals surface area contributed by atoms with Gasteiger partial charge in [-0.1, -0.05) is 6.07 Å². The summed E-state index contributed by atoms with van der Waals surface area (Å²) in [5.41, 5.74) is 0.705. The minimum absolute atomic E-state index is 0.106. The molecule has 1 atom stereocenters. The van der Waals surface area contributed by atoms with Crippen LogP contribution in [-0.4, -0.2) is 23.0 Å². The molecule has 20 heavy (non-hydrogen) atoms. The third-order valence-electron chi connectivity index (χ3n) is 2.79. The summed E-state index contributed by atoms with van der Waals surface area (Å²) in [6.45, 7) is 0.106. The lowest BCUT2D eigenvalue weighted by molar-refractivity contribution is -0.162. The zero-order valence-electron chi connectivity index (χ0n) is 10.4. The molecule has 0 unspecified atom stereocenters.